The van der Waals surface area contributed by atoms with Gasteiger partial charge in [0, 0.05) is 17.0 Å². The predicted molar refractivity (Wildman–Crippen MR) is 87.1 cm³/mol. The van der Waals surface area contributed by atoms with Gasteiger partial charge in [-0.25, -0.2) is 4.98 Å². The van der Waals surface area contributed by atoms with Crippen molar-refractivity contribution in [3.05, 3.63) is 34.9 Å². The van der Waals surface area contributed by atoms with Crippen molar-refractivity contribution in [2.75, 3.05) is 18.0 Å². The lowest BCUT2D eigenvalue weighted by Crippen LogP contribution is -2.56. The highest BCUT2D eigenvalue weighted by Crippen LogP contribution is 2.29. The Hall–Kier alpha value is -1.85. The first-order chi connectivity index (χ1) is 10.4. The van der Waals surface area contributed by atoms with Gasteiger partial charge in [-0.05, 0) is 43.5 Å². The quantitative estimate of drug-likeness (QED) is 0.887. The van der Waals surface area contributed by atoms with Crippen molar-refractivity contribution in [3.8, 4) is 0 Å². The average Bonchev–Trinajstić information content (AvgIpc) is 2.51. The van der Waals surface area contributed by atoms with E-state index in [1.54, 1.807) is 0 Å². The number of fused-ring (bicyclic) bond motifs is 1. The second-order valence-corrected chi connectivity index (χ2v) is 6.24. The molecule has 22 heavy (non-hydrogen) atoms. The highest BCUT2D eigenvalue weighted by atomic mass is 35.5. The van der Waals surface area contributed by atoms with Crippen LogP contribution in [-0.4, -0.2) is 34.7 Å². The standard InChI is InChI=1S/C16H18ClN3O2/c1-10-12(17)5-3-11-4-6-13(19-14(10)11)20-8-2-7-16(22,9-20)15(18)21/h3-6,22H,2,7-9H2,1H3,(H2,18,21). The summed E-state index contributed by atoms with van der Waals surface area (Å²) in [5, 5.41) is 12.0. The van der Waals surface area contributed by atoms with Crippen LogP contribution >= 0.6 is 11.6 Å². The van der Waals surface area contributed by atoms with Gasteiger partial charge in [0.15, 0.2) is 5.60 Å². The van der Waals surface area contributed by atoms with Crippen LogP contribution in [0.15, 0.2) is 24.3 Å². The number of primary amides is 1. The van der Waals surface area contributed by atoms with Gasteiger partial charge in [0.25, 0.3) is 5.91 Å². The number of benzene rings is 1. The first-order valence-corrected chi connectivity index (χ1v) is 7.62. The zero-order valence-corrected chi connectivity index (χ0v) is 13.1. The van der Waals surface area contributed by atoms with Crippen LogP contribution in [0.5, 0.6) is 0 Å². The molecule has 0 radical (unpaired) electrons. The molecule has 1 amide bonds. The average molecular weight is 320 g/mol. The van der Waals surface area contributed by atoms with Crippen molar-refractivity contribution in [1.82, 2.24) is 4.98 Å². The monoisotopic (exact) mass is 319 g/mol. The largest absolute Gasteiger partial charge is 0.378 e. The van der Waals surface area contributed by atoms with Gasteiger partial charge in [-0.15, -0.1) is 0 Å². The van der Waals surface area contributed by atoms with Gasteiger partial charge in [-0.3, -0.25) is 4.79 Å². The number of carbonyl (C=O) groups is 1. The summed E-state index contributed by atoms with van der Waals surface area (Å²) < 4.78 is 0. The summed E-state index contributed by atoms with van der Waals surface area (Å²) >= 11 is 6.16. The number of rotatable bonds is 2. The normalized spacial score (nSPS) is 22.0. The number of hydrogen-bond donors (Lipinski definition) is 2. The lowest BCUT2D eigenvalue weighted by atomic mass is 9.92. The van der Waals surface area contributed by atoms with Gasteiger partial charge in [0.2, 0.25) is 0 Å². The number of aliphatic hydroxyl groups is 1. The van der Waals surface area contributed by atoms with Crippen molar-refractivity contribution in [3.63, 3.8) is 0 Å². The minimum Gasteiger partial charge on any atom is -0.378 e. The fourth-order valence-corrected chi connectivity index (χ4v) is 3.06. The van der Waals surface area contributed by atoms with Crippen LogP contribution in [0.3, 0.4) is 0 Å². The molecule has 1 saturated heterocycles. The molecule has 6 heteroatoms. The van der Waals surface area contributed by atoms with Crippen LogP contribution in [0.1, 0.15) is 18.4 Å². The zero-order chi connectivity index (χ0) is 15.9. The van der Waals surface area contributed by atoms with E-state index in [-0.39, 0.29) is 6.54 Å². The highest BCUT2D eigenvalue weighted by Gasteiger charge is 2.39. The van der Waals surface area contributed by atoms with Gasteiger partial charge in [0.05, 0.1) is 12.1 Å². The summed E-state index contributed by atoms with van der Waals surface area (Å²) in [6.45, 7) is 2.82. The van der Waals surface area contributed by atoms with Gasteiger partial charge in [-0.2, -0.15) is 0 Å². The Morgan fingerprint density at radius 3 is 2.86 bits per heavy atom. The molecule has 0 saturated carbocycles. The molecule has 1 aliphatic rings. The van der Waals surface area contributed by atoms with Crippen molar-refractivity contribution < 1.29 is 9.90 Å². The van der Waals surface area contributed by atoms with E-state index in [9.17, 15) is 9.90 Å². The molecule has 1 unspecified atom stereocenters. The Morgan fingerprint density at radius 2 is 2.14 bits per heavy atom. The van der Waals surface area contributed by atoms with Crippen LogP contribution in [0.25, 0.3) is 10.9 Å². The fraction of sp³-hybridized carbons (Fsp3) is 0.375. The number of β-amino-alcohol motifs (C(OH)–C–C–N with tert-alkyl or cyclic N) is 1. The number of hydrogen-bond acceptors (Lipinski definition) is 4. The maximum absolute atomic E-state index is 11.5. The summed E-state index contributed by atoms with van der Waals surface area (Å²) in [6, 6.07) is 7.64. The van der Waals surface area contributed by atoms with Crippen LogP contribution in [0.2, 0.25) is 5.02 Å². The van der Waals surface area contributed by atoms with Gasteiger partial charge in [0.1, 0.15) is 5.82 Å². The molecule has 1 aromatic heterocycles. The fourth-order valence-electron chi connectivity index (χ4n) is 2.90. The molecule has 1 fully saturated rings. The van der Waals surface area contributed by atoms with Crippen molar-refractivity contribution in [2.45, 2.75) is 25.4 Å². The Balaban J connectivity index is 2.00. The van der Waals surface area contributed by atoms with Crippen molar-refractivity contribution in [1.29, 1.82) is 0 Å². The Labute approximate surface area is 133 Å². The molecule has 3 N–H and O–H groups in total. The number of aromatic nitrogens is 1. The number of anilines is 1. The van der Waals surface area contributed by atoms with Gasteiger partial charge in [-0.1, -0.05) is 17.7 Å². The van der Waals surface area contributed by atoms with Crippen molar-refractivity contribution >= 4 is 34.2 Å². The molecule has 116 valence electrons. The smallest absolute Gasteiger partial charge is 0.251 e. The van der Waals surface area contributed by atoms with Crippen molar-refractivity contribution in [2.24, 2.45) is 5.73 Å². The molecule has 1 aliphatic heterocycles. The lowest BCUT2D eigenvalue weighted by Gasteiger charge is -2.37. The highest BCUT2D eigenvalue weighted by molar-refractivity contribution is 6.32. The molecule has 3 rings (SSSR count). The molecule has 1 atom stereocenters. The van der Waals surface area contributed by atoms with Crippen LogP contribution in [-0.2, 0) is 4.79 Å². The Kier molecular flexibility index (Phi) is 3.70. The third-order valence-corrected chi connectivity index (χ3v) is 4.70. The number of nitrogens with zero attached hydrogens (tertiary/aromatic N) is 2. The zero-order valence-electron chi connectivity index (χ0n) is 12.3. The Bertz CT molecular complexity index is 749. The van der Waals surface area contributed by atoms with E-state index < -0.39 is 11.5 Å². The molecule has 0 spiro atoms. The lowest BCUT2D eigenvalue weighted by molar-refractivity contribution is -0.137. The van der Waals surface area contributed by atoms with E-state index in [0.717, 1.165) is 28.8 Å². The SMILES string of the molecule is Cc1c(Cl)ccc2ccc(N3CCCC(O)(C(N)=O)C3)nc12. The van der Waals surface area contributed by atoms with Crippen LogP contribution in [0, 0.1) is 6.92 Å². The second-order valence-electron chi connectivity index (χ2n) is 5.83. The maximum atomic E-state index is 11.5. The number of nitrogens with two attached hydrogens (primary N) is 1. The van der Waals surface area contributed by atoms with Crippen LogP contribution < -0.4 is 10.6 Å². The summed E-state index contributed by atoms with van der Waals surface area (Å²) in [6.07, 6.45) is 1.07. The first kappa shape index (κ1) is 15.1. The second kappa shape index (κ2) is 5.41. The van der Waals surface area contributed by atoms with E-state index in [2.05, 4.69) is 4.98 Å². The number of pyridine rings is 1. The predicted octanol–water partition coefficient (Wildman–Crippen LogP) is 2.01. The minimum atomic E-state index is -1.49. The molecule has 1 aromatic carbocycles. The number of amides is 1. The molecule has 2 heterocycles. The number of carbonyl (C=O) groups excluding carboxylic acids is 1. The molecular weight excluding hydrogens is 302 g/mol. The summed E-state index contributed by atoms with van der Waals surface area (Å²) in [5.74, 6) is 0.0365. The third-order valence-electron chi connectivity index (χ3n) is 4.29. The summed E-state index contributed by atoms with van der Waals surface area (Å²) in [4.78, 5) is 18.0. The van der Waals surface area contributed by atoms with Crippen LogP contribution in [0.4, 0.5) is 5.82 Å². The first-order valence-electron chi connectivity index (χ1n) is 7.24. The molecular formula is C16H18ClN3O2. The number of piperidine rings is 1. The van der Waals surface area contributed by atoms with E-state index in [1.807, 2.05) is 36.1 Å². The van der Waals surface area contributed by atoms with E-state index >= 15 is 0 Å². The van der Waals surface area contributed by atoms with Gasteiger partial charge >= 0.3 is 0 Å². The maximum Gasteiger partial charge on any atom is 0.251 e. The van der Waals surface area contributed by atoms with E-state index in [4.69, 9.17) is 17.3 Å². The Morgan fingerprint density at radius 1 is 1.41 bits per heavy atom. The topological polar surface area (TPSA) is 79.5 Å². The number of aryl methyl sites for hydroxylation is 1. The summed E-state index contributed by atoms with van der Waals surface area (Å²) in [5.41, 5.74) is 5.59. The summed E-state index contributed by atoms with van der Waals surface area (Å²) in [7, 11) is 0. The van der Waals surface area contributed by atoms with Gasteiger partial charge < -0.3 is 15.7 Å². The minimum absolute atomic E-state index is 0.167. The third kappa shape index (κ3) is 2.51. The number of halogens is 1. The molecule has 0 aliphatic carbocycles. The molecule has 0 bridgehead atoms. The molecule has 5 nitrogen and oxygen atoms in total. The van der Waals surface area contributed by atoms with E-state index in [0.29, 0.717) is 17.9 Å². The molecule has 2 aromatic rings. The van der Waals surface area contributed by atoms with E-state index in [1.165, 1.54) is 0 Å².